The molecule has 1 aromatic carbocycles. The number of carbonyl (C=O) groups excluding carboxylic acids is 1. The predicted octanol–water partition coefficient (Wildman–Crippen LogP) is 1.67. The molecule has 0 aromatic heterocycles. The number of nitrogens with zero attached hydrogens (tertiary/aromatic N) is 1. The molecule has 100 valence electrons. The lowest BCUT2D eigenvalue weighted by Crippen LogP contribution is -2.30. The molecule has 0 bridgehead atoms. The van der Waals surface area contributed by atoms with Gasteiger partial charge in [-0.05, 0) is 25.1 Å². The number of methoxy groups -OCH3 is 1. The lowest BCUT2D eigenvalue weighted by atomic mass is 10.2. The van der Waals surface area contributed by atoms with Crippen LogP contribution < -0.4 is 10.2 Å². The number of amides is 1. The zero-order valence-corrected chi connectivity index (χ0v) is 11.2. The Morgan fingerprint density at radius 1 is 1.28 bits per heavy atom. The molecule has 4 nitrogen and oxygen atoms in total. The number of benzene rings is 1. The summed E-state index contributed by atoms with van der Waals surface area (Å²) in [7, 11) is 3.50. The van der Waals surface area contributed by atoms with Crippen LogP contribution in [-0.4, -0.2) is 39.8 Å². The van der Waals surface area contributed by atoms with Gasteiger partial charge in [-0.2, -0.15) is 0 Å². The summed E-state index contributed by atoms with van der Waals surface area (Å²) in [6.07, 6.45) is 1.48. The van der Waals surface area contributed by atoms with E-state index in [2.05, 4.69) is 5.32 Å². The Labute approximate surface area is 109 Å². The van der Waals surface area contributed by atoms with Crippen molar-refractivity contribution in [3.05, 3.63) is 30.3 Å². The van der Waals surface area contributed by atoms with Gasteiger partial charge in [0.2, 0.25) is 5.91 Å². The molecule has 0 saturated carbocycles. The smallest absolute Gasteiger partial charge is 0.227 e. The Morgan fingerprint density at radius 2 is 2.00 bits per heavy atom. The van der Waals surface area contributed by atoms with Crippen molar-refractivity contribution in [2.24, 2.45) is 0 Å². The van der Waals surface area contributed by atoms with E-state index in [1.54, 1.807) is 12.0 Å². The summed E-state index contributed by atoms with van der Waals surface area (Å²) in [6, 6.07) is 9.68. The van der Waals surface area contributed by atoms with Crippen LogP contribution in [0.15, 0.2) is 30.3 Å². The number of carbonyl (C=O) groups is 1. The fourth-order valence-electron chi connectivity index (χ4n) is 1.63. The van der Waals surface area contributed by atoms with Gasteiger partial charge in [-0.25, -0.2) is 0 Å². The van der Waals surface area contributed by atoms with Crippen molar-refractivity contribution in [2.45, 2.75) is 12.8 Å². The summed E-state index contributed by atoms with van der Waals surface area (Å²) in [6.45, 7) is 2.35. The number of ether oxygens (including phenoxy) is 1. The standard InChI is InChI=1S/C14H22N2O2/c1-16(13-7-4-3-5-8-13)14(17)9-11-15-10-6-12-18-2/h3-5,7-8,15H,6,9-12H2,1-2H3. The van der Waals surface area contributed by atoms with Gasteiger partial charge in [-0.15, -0.1) is 0 Å². The van der Waals surface area contributed by atoms with E-state index >= 15 is 0 Å². The number of para-hydroxylation sites is 1. The third kappa shape index (κ3) is 5.29. The summed E-state index contributed by atoms with van der Waals surface area (Å²) in [5, 5.41) is 3.23. The van der Waals surface area contributed by atoms with E-state index in [1.165, 1.54) is 0 Å². The van der Waals surface area contributed by atoms with E-state index in [0.29, 0.717) is 13.0 Å². The van der Waals surface area contributed by atoms with E-state index in [1.807, 2.05) is 37.4 Å². The highest BCUT2D eigenvalue weighted by Crippen LogP contribution is 2.11. The van der Waals surface area contributed by atoms with Crippen molar-refractivity contribution in [3.63, 3.8) is 0 Å². The Balaban J connectivity index is 2.20. The molecule has 1 amide bonds. The maximum absolute atomic E-state index is 11.9. The average molecular weight is 250 g/mol. The minimum atomic E-state index is 0.125. The van der Waals surface area contributed by atoms with Gasteiger partial charge in [0.05, 0.1) is 0 Å². The molecular weight excluding hydrogens is 228 g/mol. The number of nitrogens with one attached hydrogen (secondary N) is 1. The van der Waals surface area contributed by atoms with Crippen molar-refractivity contribution in [3.8, 4) is 0 Å². The summed E-state index contributed by atoms with van der Waals surface area (Å²) in [4.78, 5) is 13.6. The Morgan fingerprint density at radius 3 is 2.67 bits per heavy atom. The van der Waals surface area contributed by atoms with Gasteiger partial charge in [0, 0.05) is 39.4 Å². The monoisotopic (exact) mass is 250 g/mol. The van der Waals surface area contributed by atoms with Crippen molar-refractivity contribution < 1.29 is 9.53 Å². The fourth-order valence-corrected chi connectivity index (χ4v) is 1.63. The third-order valence-electron chi connectivity index (χ3n) is 2.74. The summed E-state index contributed by atoms with van der Waals surface area (Å²) in [5.74, 6) is 0.125. The Kier molecular flexibility index (Phi) is 7.06. The highest BCUT2D eigenvalue weighted by Gasteiger charge is 2.09. The molecule has 0 spiro atoms. The molecule has 0 aliphatic carbocycles. The molecule has 0 fully saturated rings. The Bertz CT molecular complexity index is 341. The minimum Gasteiger partial charge on any atom is -0.385 e. The molecular formula is C14H22N2O2. The molecule has 0 heterocycles. The second-order valence-electron chi connectivity index (χ2n) is 4.13. The first-order valence-electron chi connectivity index (χ1n) is 6.27. The first-order chi connectivity index (χ1) is 8.75. The summed E-state index contributed by atoms with van der Waals surface area (Å²) >= 11 is 0. The first-order valence-corrected chi connectivity index (χ1v) is 6.27. The van der Waals surface area contributed by atoms with Crippen LogP contribution in [0.25, 0.3) is 0 Å². The van der Waals surface area contributed by atoms with Gasteiger partial charge in [0.1, 0.15) is 0 Å². The van der Waals surface area contributed by atoms with Crippen molar-refractivity contribution in [2.75, 3.05) is 38.8 Å². The molecule has 1 N–H and O–H groups in total. The SMILES string of the molecule is COCCCNCCC(=O)N(C)c1ccccc1. The quantitative estimate of drug-likeness (QED) is 0.714. The molecule has 18 heavy (non-hydrogen) atoms. The Hall–Kier alpha value is -1.39. The van der Waals surface area contributed by atoms with Crippen LogP contribution in [0.2, 0.25) is 0 Å². The molecule has 0 aliphatic rings. The molecule has 1 rings (SSSR count). The number of hydrogen-bond donors (Lipinski definition) is 1. The van der Waals surface area contributed by atoms with Crippen molar-refractivity contribution >= 4 is 11.6 Å². The van der Waals surface area contributed by atoms with E-state index in [0.717, 1.165) is 25.3 Å². The van der Waals surface area contributed by atoms with Crippen molar-refractivity contribution in [1.82, 2.24) is 5.32 Å². The third-order valence-corrected chi connectivity index (χ3v) is 2.74. The van der Waals surface area contributed by atoms with Gasteiger partial charge in [-0.1, -0.05) is 18.2 Å². The van der Waals surface area contributed by atoms with Crippen LogP contribution in [0, 0.1) is 0 Å². The van der Waals surface area contributed by atoms with Gasteiger partial charge >= 0.3 is 0 Å². The van der Waals surface area contributed by atoms with Crippen LogP contribution in [0.4, 0.5) is 5.69 Å². The van der Waals surface area contributed by atoms with Gasteiger partial charge in [0.25, 0.3) is 0 Å². The predicted molar refractivity (Wildman–Crippen MR) is 73.8 cm³/mol. The first kappa shape index (κ1) is 14.7. The molecule has 0 radical (unpaired) electrons. The molecule has 0 atom stereocenters. The zero-order valence-electron chi connectivity index (χ0n) is 11.2. The summed E-state index contributed by atoms with van der Waals surface area (Å²) in [5.41, 5.74) is 0.932. The van der Waals surface area contributed by atoms with E-state index in [-0.39, 0.29) is 5.91 Å². The maximum atomic E-state index is 11.9. The zero-order chi connectivity index (χ0) is 13.2. The second-order valence-corrected chi connectivity index (χ2v) is 4.13. The average Bonchev–Trinajstić information content (AvgIpc) is 2.42. The van der Waals surface area contributed by atoms with Crippen LogP contribution in [0.5, 0.6) is 0 Å². The number of hydrogen-bond acceptors (Lipinski definition) is 3. The number of rotatable bonds is 8. The van der Waals surface area contributed by atoms with Crippen LogP contribution >= 0.6 is 0 Å². The van der Waals surface area contributed by atoms with Gasteiger partial charge in [-0.3, -0.25) is 4.79 Å². The summed E-state index contributed by atoms with van der Waals surface area (Å²) < 4.78 is 4.95. The van der Waals surface area contributed by atoms with Crippen LogP contribution in [0.1, 0.15) is 12.8 Å². The van der Waals surface area contributed by atoms with Crippen molar-refractivity contribution in [1.29, 1.82) is 0 Å². The molecule has 0 unspecified atom stereocenters. The second kappa shape index (κ2) is 8.66. The lowest BCUT2D eigenvalue weighted by molar-refractivity contribution is -0.118. The largest absolute Gasteiger partial charge is 0.385 e. The fraction of sp³-hybridized carbons (Fsp3) is 0.500. The lowest BCUT2D eigenvalue weighted by Gasteiger charge is -2.17. The topological polar surface area (TPSA) is 41.6 Å². The minimum absolute atomic E-state index is 0.125. The molecule has 0 saturated heterocycles. The van der Waals surface area contributed by atoms with Crippen LogP contribution in [0.3, 0.4) is 0 Å². The molecule has 1 aromatic rings. The van der Waals surface area contributed by atoms with Gasteiger partial charge in [0.15, 0.2) is 0 Å². The van der Waals surface area contributed by atoms with Gasteiger partial charge < -0.3 is 15.0 Å². The molecule has 0 aliphatic heterocycles. The highest BCUT2D eigenvalue weighted by molar-refractivity contribution is 5.92. The highest BCUT2D eigenvalue weighted by atomic mass is 16.5. The number of anilines is 1. The molecule has 4 heteroatoms. The van der Waals surface area contributed by atoms with E-state index < -0.39 is 0 Å². The van der Waals surface area contributed by atoms with E-state index in [4.69, 9.17) is 4.74 Å². The van der Waals surface area contributed by atoms with E-state index in [9.17, 15) is 4.79 Å². The van der Waals surface area contributed by atoms with Crippen LogP contribution in [-0.2, 0) is 9.53 Å². The maximum Gasteiger partial charge on any atom is 0.227 e. The normalized spacial score (nSPS) is 10.3.